The number of carbonyl (C=O) groups excluding carboxylic acids is 2. The highest BCUT2D eigenvalue weighted by molar-refractivity contribution is 6.31. The van der Waals surface area contributed by atoms with Crippen LogP contribution in [-0.2, 0) is 9.59 Å². The van der Waals surface area contributed by atoms with Crippen LogP contribution in [0.1, 0.15) is 17.5 Å². The lowest BCUT2D eigenvalue weighted by Gasteiger charge is -2.12. The molecular weight excluding hydrogens is 328 g/mol. The summed E-state index contributed by atoms with van der Waals surface area (Å²) in [5.74, 6) is -0.376. The van der Waals surface area contributed by atoms with Gasteiger partial charge in [-0.25, -0.2) is 0 Å². The van der Waals surface area contributed by atoms with E-state index >= 15 is 0 Å². The van der Waals surface area contributed by atoms with Crippen molar-refractivity contribution in [3.05, 3.63) is 52.5 Å². The molecule has 0 bridgehead atoms. The first kappa shape index (κ1) is 17.8. The minimum Gasteiger partial charge on any atom is -0.495 e. The molecule has 0 saturated heterocycles. The average Bonchev–Trinajstić information content (AvgIpc) is 2.52. The normalized spacial score (nSPS) is 10.2. The van der Waals surface area contributed by atoms with Crippen LogP contribution in [0.4, 0.5) is 11.4 Å². The predicted octanol–water partition coefficient (Wildman–Crippen LogP) is 3.93. The lowest BCUT2D eigenvalue weighted by atomic mass is 10.2. The summed E-state index contributed by atoms with van der Waals surface area (Å²) in [6, 6.07) is 10.7. The van der Waals surface area contributed by atoms with E-state index < -0.39 is 5.91 Å². The van der Waals surface area contributed by atoms with Crippen molar-refractivity contribution in [2.24, 2.45) is 0 Å². The molecule has 2 aromatic rings. The molecule has 2 amide bonds. The van der Waals surface area contributed by atoms with Crippen molar-refractivity contribution in [2.75, 3.05) is 17.7 Å². The zero-order valence-corrected chi connectivity index (χ0v) is 14.5. The molecule has 0 radical (unpaired) electrons. The maximum Gasteiger partial charge on any atom is 0.233 e. The Morgan fingerprint density at radius 3 is 2.29 bits per heavy atom. The van der Waals surface area contributed by atoms with Crippen LogP contribution in [0.15, 0.2) is 36.4 Å². The van der Waals surface area contributed by atoms with Crippen LogP contribution >= 0.6 is 11.6 Å². The number of rotatable bonds is 5. The minimum atomic E-state index is -0.431. The molecule has 6 heteroatoms. The number of methoxy groups -OCH3 is 1. The fourth-order valence-electron chi connectivity index (χ4n) is 2.11. The van der Waals surface area contributed by atoms with Crippen molar-refractivity contribution in [3.8, 4) is 5.75 Å². The van der Waals surface area contributed by atoms with Crippen LogP contribution in [-0.4, -0.2) is 18.9 Å². The lowest BCUT2D eigenvalue weighted by Crippen LogP contribution is -2.21. The molecule has 0 aromatic heterocycles. The quantitative estimate of drug-likeness (QED) is 0.806. The van der Waals surface area contributed by atoms with E-state index in [1.54, 1.807) is 24.3 Å². The molecule has 0 fully saturated rings. The van der Waals surface area contributed by atoms with Crippen molar-refractivity contribution in [1.82, 2.24) is 0 Å². The Balaban J connectivity index is 1.99. The number of amides is 2. The number of hydrogen-bond acceptors (Lipinski definition) is 3. The Morgan fingerprint density at radius 1 is 1.04 bits per heavy atom. The maximum atomic E-state index is 12.1. The Labute approximate surface area is 146 Å². The summed E-state index contributed by atoms with van der Waals surface area (Å²) in [6.07, 6.45) is -0.293. The van der Waals surface area contributed by atoms with E-state index in [1.807, 2.05) is 26.0 Å². The molecular formula is C18H19ClN2O3. The fraction of sp³-hybridized carbons (Fsp3) is 0.222. The van der Waals surface area contributed by atoms with E-state index in [9.17, 15) is 9.59 Å². The molecule has 0 aliphatic heterocycles. The van der Waals surface area contributed by atoms with Crippen LogP contribution in [0.3, 0.4) is 0 Å². The maximum absolute atomic E-state index is 12.1. The molecule has 0 spiro atoms. The largest absolute Gasteiger partial charge is 0.495 e. The second kappa shape index (κ2) is 7.84. The van der Waals surface area contributed by atoms with Crippen LogP contribution < -0.4 is 15.4 Å². The summed E-state index contributed by atoms with van der Waals surface area (Å²) >= 11 is 6.03. The van der Waals surface area contributed by atoms with Gasteiger partial charge in [-0.3, -0.25) is 9.59 Å². The van der Waals surface area contributed by atoms with Gasteiger partial charge in [0.1, 0.15) is 12.2 Å². The van der Waals surface area contributed by atoms with Gasteiger partial charge < -0.3 is 15.4 Å². The predicted molar refractivity (Wildman–Crippen MR) is 95.8 cm³/mol. The highest BCUT2D eigenvalue weighted by Crippen LogP contribution is 2.31. The Bertz CT molecular complexity index is 758. The van der Waals surface area contributed by atoms with E-state index in [1.165, 1.54) is 7.11 Å². The second-order valence-corrected chi connectivity index (χ2v) is 5.85. The monoisotopic (exact) mass is 346 g/mol. The van der Waals surface area contributed by atoms with Crippen LogP contribution in [0.25, 0.3) is 0 Å². The molecule has 0 unspecified atom stereocenters. The van der Waals surface area contributed by atoms with Crippen molar-refractivity contribution in [1.29, 1.82) is 0 Å². The summed E-state index contributed by atoms with van der Waals surface area (Å²) in [5, 5.41) is 5.90. The first-order chi connectivity index (χ1) is 11.4. The number of benzene rings is 2. The first-order valence-corrected chi connectivity index (χ1v) is 7.77. The topological polar surface area (TPSA) is 67.4 Å². The van der Waals surface area contributed by atoms with Crippen LogP contribution in [0, 0.1) is 13.8 Å². The molecule has 2 N–H and O–H groups in total. The summed E-state index contributed by atoms with van der Waals surface area (Å²) in [4.78, 5) is 24.0. The standard InChI is InChI=1S/C18H19ClN2O3/c1-11-4-6-13(7-5-11)20-17(22)10-18(23)21-15-8-12(2)14(19)9-16(15)24-3/h4-9H,10H2,1-3H3,(H,20,22)(H,21,23). The third-order valence-electron chi connectivity index (χ3n) is 3.41. The zero-order chi connectivity index (χ0) is 17.7. The summed E-state index contributed by atoms with van der Waals surface area (Å²) in [7, 11) is 1.49. The number of halogens is 1. The highest BCUT2D eigenvalue weighted by Gasteiger charge is 2.13. The van der Waals surface area contributed by atoms with Gasteiger partial charge in [0.15, 0.2) is 0 Å². The SMILES string of the molecule is COc1cc(Cl)c(C)cc1NC(=O)CC(=O)Nc1ccc(C)cc1. The second-order valence-electron chi connectivity index (χ2n) is 5.44. The first-order valence-electron chi connectivity index (χ1n) is 7.39. The Kier molecular flexibility index (Phi) is 5.82. The third-order valence-corrected chi connectivity index (χ3v) is 3.82. The van der Waals surface area contributed by atoms with Gasteiger partial charge in [-0.2, -0.15) is 0 Å². The van der Waals surface area contributed by atoms with Gasteiger partial charge in [-0.15, -0.1) is 0 Å². The van der Waals surface area contributed by atoms with Gasteiger partial charge in [-0.1, -0.05) is 29.3 Å². The zero-order valence-electron chi connectivity index (χ0n) is 13.8. The Hall–Kier alpha value is -2.53. The summed E-state index contributed by atoms with van der Waals surface area (Å²) in [6.45, 7) is 3.78. The summed E-state index contributed by atoms with van der Waals surface area (Å²) < 4.78 is 5.19. The van der Waals surface area contributed by atoms with Gasteiger partial charge in [0.05, 0.1) is 12.8 Å². The van der Waals surface area contributed by atoms with E-state index in [0.29, 0.717) is 22.1 Å². The number of ether oxygens (including phenoxy) is 1. The molecule has 2 aromatic carbocycles. The molecule has 0 aliphatic rings. The number of nitrogens with one attached hydrogen (secondary N) is 2. The van der Waals surface area contributed by atoms with Crippen LogP contribution in [0.5, 0.6) is 5.75 Å². The minimum absolute atomic E-state index is 0.293. The van der Waals surface area contributed by atoms with Crippen molar-refractivity contribution in [3.63, 3.8) is 0 Å². The average molecular weight is 347 g/mol. The molecule has 24 heavy (non-hydrogen) atoms. The smallest absolute Gasteiger partial charge is 0.233 e. The summed E-state index contributed by atoms with van der Waals surface area (Å²) in [5.41, 5.74) is 3.03. The van der Waals surface area contributed by atoms with Gasteiger partial charge in [0.2, 0.25) is 11.8 Å². The number of aryl methyl sites for hydroxylation is 2. The molecule has 5 nitrogen and oxygen atoms in total. The molecule has 0 aliphatic carbocycles. The van der Waals surface area contributed by atoms with E-state index in [2.05, 4.69) is 10.6 Å². The highest BCUT2D eigenvalue weighted by atomic mass is 35.5. The molecule has 2 rings (SSSR count). The van der Waals surface area contributed by atoms with Gasteiger partial charge >= 0.3 is 0 Å². The molecule has 0 atom stereocenters. The van der Waals surface area contributed by atoms with Crippen molar-refractivity contribution in [2.45, 2.75) is 20.3 Å². The van der Waals surface area contributed by atoms with Gasteiger partial charge in [0, 0.05) is 16.8 Å². The third kappa shape index (κ3) is 4.73. The number of carbonyl (C=O) groups is 2. The van der Waals surface area contributed by atoms with Gasteiger partial charge in [0.25, 0.3) is 0 Å². The van der Waals surface area contributed by atoms with E-state index in [-0.39, 0.29) is 12.3 Å². The number of anilines is 2. The Morgan fingerprint density at radius 2 is 1.67 bits per heavy atom. The fourth-order valence-corrected chi connectivity index (χ4v) is 2.27. The lowest BCUT2D eigenvalue weighted by molar-refractivity contribution is -0.123. The number of hydrogen-bond donors (Lipinski definition) is 2. The molecule has 126 valence electrons. The molecule has 0 saturated carbocycles. The van der Waals surface area contributed by atoms with Crippen LogP contribution in [0.2, 0.25) is 5.02 Å². The van der Waals surface area contributed by atoms with Crippen molar-refractivity contribution >= 4 is 34.8 Å². The van der Waals surface area contributed by atoms with Gasteiger partial charge in [-0.05, 0) is 37.6 Å². The van der Waals surface area contributed by atoms with E-state index in [0.717, 1.165) is 11.1 Å². The molecule has 0 heterocycles. The van der Waals surface area contributed by atoms with Crippen molar-refractivity contribution < 1.29 is 14.3 Å². The van der Waals surface area contributed by atoms with E-state index in [4.69, 9.17) is 16.3 Å².